The van der Waals surface area contributed by atoms with Crippen LogP contribution in [0.25, 0.3) is 0 Å². The third-order valence-corrected chi connectivity index (χ3v) is 2.15. The molecule has 0 aromatic carbocycles. The lowest BCUT2D eigenvalue weighted by Crippen LogP contribution is -1.82. The van der Waals surface area contributed by atoms with Crippen LogP contribution in [0.4, 0.5) is 0 Å². The van der Waals surface area contributed by atoms with Crippen LogP contribution >= 0.6 is 0 Å². The Morgan fingerprint density at radius 2 is 1.50 bits per heavy atom. The quantitative estimate of drug-likeness (QED) is 0.485. The van der Waals surface area contributed by atoms with Crippen LogP contribution < -0.4 is 0 Å². The molecule has 0 heterocycles. The number of allylic oxidation sites excluding steroid dienone is 4. The van der Waals surface area contributed by atoms with Gasteiger partial charge in [-0.15, -0.1) is 0 Å². The first kappa shape index (κ1) is 19.3. The van der Waals surface area contributed by atoms with Gasteiger partial charge in [0.15, 0.2) is 0 Å². The molecule has 0 saturated heterocycles. The van der Waals surface area contributed by atoms with Crippen LogP contribution in [-0.2, 0) is 4.79 Å². The van der Waals surface area contributed by atoms with Crippen molar-refractivity contribution in [2.75, 3.05) is 6.61 Å². The van der Waals surface area contributed by atoms with E-state index in [2.05, 4.69) is 31.2 Å². The lowest BCUT2D eigenvalue weighted by atomic mass is 10.1. The number of carboxylic acid groups (broad SMARTS) is 1. The zero-order valence-electron chi connectivity index (χ0n) is 11.8. The second-order valence-electron chi connectivity index (χ2n) is 4.06. The molecule has 0 atom stereocenters. The molecule has 0 aromatic heterocycles. The summed E-state index contributed by atoms with van der Waals surface area (Å²) in [6, 6.07) is 0. The highest BCUT2D eigenvalue weighted by molar-refractivity contribution is 5.62. The molecule has 0 saturated carbocycles. The van der Waals surface area contributed by atoms with Gasteiger partial charge in [0.2, 0.25) is 0 Å². The Labute approximate surface area is 111 Å². The van der Waals surface area contributed by atoms with E-state index in [1.54, 1.807) is 0 Å². The van der Waals surface area contributed by atoms with Gasteiger partial charge in [0.1, 0.15) is 0 Å². The minimum atomic E-state index is -0.833. The molecule has 0 unspecified atom stereocenters. The van der Waals surface area contributed by atoms with E-state index >= 15 is 0 Å². The van der Waals surface area contributed by atoms with E-state index in [0.29, 0.717) is 6.61 Å². The summed E-state index contributed by atoms with van der Waals surface area (Å²) in [6.45, 7) is 3.58. The van der Waals surface area contributed by atoms with Gasteiger partial charge in [0, 0.05) is 13.5 Å². The van der Waals surface area contributed by atoms with Crippen molar-refractivity contribution in [1.29, 1.82) is 0 Å². The molecule has 0 aromatic rings. The summed E-state index contributed by atoms with van der Waals surface area (Å²) in [5.41, 5.74) is 0. The van der Waals surface area contributed by atoms with Crippen LogP contribution in [0, 0.1) is 0 Å². The predicted molar refractivity (Wildman–Crippen MR) is 76.7 cm³/mol. The smallest absolute Gasteiger partial charge is 0.300 e. The van der Waals surface area contributed by atoms with Gasteiger partial charge < -0.3 is 10.2 Å². The van der Waals surface area contributed by atoms with Crippen molar-refractivity contribution in [2.24, 2.45) is 0 Å². The molecule has 0 radical (unpaired) electrons. The van der Waals surface area contributed by atoms with Crippen molar-refractivity contribution in [3.63, 3.8) is 0 Å². The molecule has 18 heavy (non-hydrogen) atoms. The number of aliphatic carboxylic acids is 1. The van der Waals surface area contributed by atoms with Crippen LogP contribution in [0.15, 0.2) is 24.3 Å². The standard InChI is InChI=1S/C13H24O.C2H4O2/c1-2-3-4-5-6-7-8-9-10-11-12-13-14;1-2(3)4/h3-6,14H,2,7-13H2,1H3;1H3,(H,3,4). The monoisotopic (exact) mass is 256 g/mol. The maximum Gasteiger partial charge on any atom is 0.300 e. The fourth-order valence-corrected chi connectivity index (χ4v) is 1.29. The van der Waals surface area contributed by atoms with Gasteiger partial charge in [-0.3, -0.25) is 4.79 Å². The highest BCUT2D eigenvalue weighted by atomic mass is 16.4. The van der Waals surface area contributed by atoms with Crippen molar-refractivity contribution in [3.05, 3.63) is 24.3 Å². The Balaban J connectivity index is 0. The minimum Gasteiger partial charge on any atom is -0.481 e. The van der Waals surface area contributed by atoms with Crippen molar-refractivity contribution >= 4 is 5.97 Å². The maximum absolute atomic E-state index is 9.00. The van der Waals surface area contributed by atoms with E-state index in [0.717, 1.165) is 19.8 Å². The molecule has 0 fully saturated rings. The summed E-state index contributed by atoms with van der Waals surface area (Å²) in [5, 5.41) is 16.0. The molecule has 0 rings (SSSR count). The van der Waals surface area contributed by atoms with Crippen LogP contribution in [0.3, 0.4) is 0 Å². The molecule has 0 aliphatic heterocycles. The molecular formula is C15H28O3. The number of carbonyl (C=O) groups is 1. The SMILES string of the molecule is CC(=O)O.CCC=CC=CCCCCCCCO. The Hall–Kier alpha value is -1.09. The Kier molecular flexibility index (Phi) is 19.6. The van der Waals surface area contributed by atoms with Crippen molar-refractivity contribution in [2.45, 2.75) is 58.8 Å². The fraction of sp³-hybridized carbons (Fsp3) is 0.667. The third-order valence-electron chi connectivity index (χ3n) is 2.15. The van der Waals surface area contributed by atoms with Gasteiger partial charge in [0.25, 0.3) is 5.97 Å². The first-order valence-electron chi connectivity index (χ1n) is 6.77. The molecule has 0 amide bonds. The molecular weight excluding hydrogens is 228 g/mol. The molecule has 2 N–H and O–H groups in total. The molecule has 0 bridgehead atoms. The van der Waals surface area contributed by atoms with Crippen LogP contribution in [0.5, 0.6) is 0 Å². The lowest BCUT2D eigenvalue weighted by molar-refractivity contribution is -0.134. The molecule has 3 nitrogen and oxygen atoms in total. The second-order valence-corrected chi connectivity index (χ2v) is 4.06. The summed E-state index contributed by atoms with van der Waals surface area (Å²) >= 11 is 0. The van der Waals surface area contributed by atoms with E-state index in [1.807, 2.05) is 0 Å². The number of hydrogen-bond donors (Lipinski definition) is 2. The first-order valence-corrected chi connectivity index (χ1v) is 6.77. The van der Waals surface area contributed by atoms with Crippen LogP contribution in [0.2, 0.25) is 0 Å². The third kappa shape index (κ3) is 29.4. The number of unbranched alkanes of at least 4 members (excludes halogenated alkanes) is 5. The zero-order valence-corrected chi connectivity index (χ0v) is 11.8. The number of carboxylic acids is 1. The Bertz CT molecular complexity index is 216. The van der Waals surface area contributed by atoms with Gasteiger partial charge in [-0.1, -0.05) is 50.5 Å². The van der Waals surface area contributed by atoms with E-state index in [-0.39, 0.29) is 0 Å². The van der Waals surface area contributed by atoms with Crippen molar-refractivity contribution in [3.8, 4) is 0 Å². The van der Waals surface area contributed by atoms with Gasteiger partial charge in [0.05, 0.1) is 0 Å². The average Bonchev–Trinajstić information content (AvgIpc) is 2.31. The van der Waals surface area contributed by atoms with Gasteiger partial charge >= 0.3 is 0 Å². The Morgan fingerprint density at radius 1 is 1.00 bits per heavy atom. The predicted octanol–water partition coefficient (Wildman–Crippen LogP) is 3.93. The molecule has 0 spiro atoms. The zero-order chi connectivity index (χ0) is 14.1. The molecule has 0 aliphatic rings. The highest BCUT2D eigenvalue weighted by Crippen LogP contribution is 2.05. The average molecular weight is 256 g/mol. The van der Waals surface area contributed by atoms with Crippen molar-refractivity contribution in [1.82, 2.24) is 0 Å². The number of hydrogen-bond acceptors (Lipinski definition) is 2. The summed E-state index contributed by atoms with van der Waals surface area (Å²) in [5.74, 6) is -0.833. The van der Waals surface area contributed by atoms with Gasteiger partial charge in [-0.05, 0) is 25.7 Å². The largest absolute Gasteiger partial charge is 0.481 e. The second kappa shape index (κ2) is 18.3. The summed E-state index contributed by atoms with van der Waals surface area (Å²) in [6.07, 6.45) is 16.9. The maximum atomic E-state index is 9.00. The van der Waals surface area contributed by atoms with Crippen molar-refractivity contribution < 1.29 is 15.0 Å². The van der Waals surface area contributed by atoms with E-state index < -0.39 is 5.97 Å². The number of aliphatic hydroxyl groups is 1. The van der Waals surface area contributed by atoms with Crippen LogP contribution in [-0.4, -0.2) is 22.8 Å². The first-order chi connectivity index (χ1) is 8.65. The van der Waals surface area contributed by atoms with E-state index in [4.69, 9.17) is 15.0 Å². The topological polar surface area (TPSA) is 57.5 Å². The van der Waals surface area contributed by atoms with E-state index in [9.17, 15) is 0 Å². The summed E-state index contributed by atoms with van der Waals surface area (Å²) < 4.78 is 0. The number of aliphatic hydroxyl groups excluding tert-OH is 1. The summed E-state index contributed by atoms with van der Waals surface area (Å²) in [4.78, 5) is 9.00. The number of rotatable bonds is 9. The molecule has 0 aliphatic carbocycles. The normalized spacial score (nSPS) is 10.6. The van der Waals surface area contributed by atoms with Gasteiger partial charge in [-0.2, -0.15) is 0 Å². The fourth-order valence-electron chi connectivity index (χ4n) is 1.29. The molecule has 106 valence electrons. The highest BCUT2D eigenvalue weighted by Gasteiger charge is 1.87. The lowest BCUT2D eigenvalue weighted by Gasteiger charge is -1.96. The Morgan fingerprint density at radius 3 is 2.06 bits per heavy atom. The molecule has 3 heteroatoms. The van der Waals surface area contributed by atoms with Gasteiger partial charge in [-0.25, -0.2) is 0 Å². The summed E-state index contributed by atoms with van der Waals surface area (Å²) in [7, 11) is 0. The van der Waals surface area contributed by atoms with Crippen LogP contribution in [0.1, 0.15) is 58.8 Å². The minimum absolute atomic E-state index is 0.349. The van der Waals surface area contributed by atoms with E-state index in [1.165, 1.54) is 32.1 Å².